The number of H-pyrrole nitrogens is 1. The molecule has 11 heteroatoms. The SMILES string of the molecule is CC(C)(C)OC(=O)N(c1cc(-c2cc(Br)c3[nH]nc(N)c3c2)ccn1)S(C)(=O)=O. The van der Waals surface area contributed by atoms with E-state index in [4.69, 9.17) is 10.5 Å². The molecule has 0 saturated carbocycles. The summed E-state index contributed by atoms with van der Waals surface area (Å²) in [5.41, 5.74) is 7.15. The largest absolute Gasteiger partial charge is 0.443 e. The van der Waals surface area contributed by atoms with Crippen LogP contribution in [0.2, 0.25) is 0 Å². The first-order valence-corrected chi connectivity index (χ1v) is 11.1. The van der Waals surface area contributed by atoms with Crippen LogP contribution < -0.4 is 10.0 Å². The summed E-state index contributed by atoms with van der Waals surface area (Å²) in [5.74, 6) is 0.263. The molecule has 0 aliphatic carbocycles. The summed E-state index contributed by atoms with van der Waals surface area (Å²) in [5, 5.41) is 7.53. The number of nitrogens with two attached hydrogens (primary N) is 1. The van der Waals surface area contributed by atoms with Gasteiger partial charge in [0, 0.05) is 16.1 Å². The second-order valence-electron chi connectivity index (χ2n) is 7.40. The molecule has 0 unspecified atom stereocenters. The van der Waals surface area contributed by atoms with Crippen LogP contribution in [0.1, 0.15) is 20.8 Å². The van der Waals surface area contributed by atoms with Crippen molar-refractivity contribution in [2.24, 2.45) is 0 Å². The minimum atomic E-state index is -3.98. The van der Waals surface area contributed by atoms with Crippen molar-refractivity contribution in [2.45, 2.75) is 26.4 Å². The molecule has 0 fully saturated rings. The fourth-order valence-electron chi connectivity index (χ4n) is 2.68. The molecule has 3 N–H and O–H groups in total. The van der Waals surface area contributed by atoms with Crippen LogP contribution in [0.15, 0.2) is 34.9 Å². The van der Waals surface area contributed by atoms with E-state index in [9.17, 15) is 13.2 Å². The van der Waals surface area contributed by atoms with Crippen molar-refractivity contribution in [3.8, 4) is 11.1 Å². The van der Waals surface area contributed by atoms with E-state index in [0.29, 0.717) is 21.1 Å². The fourth-order valence-corrected chi connectivity index (χ4v) is 3.97. The number of aromatic amines is 1. The van der Waals surface area contributed by atoms with Gasteiger partial charge in [-0.25, -0.2) is 18.2 Å². The van der Waals surface area contributed by atoms with Crippen molar-refractivity contribution in [1.29, 1.82) is 0 Å². The molecule has 1 aromatic carbocycles. The molecule has 0 atom stereocenters. The van der Waals surface area contributed by atoms with Gasteiger partial charge in [0.05, 0.1) is 11.8 Å². The van der Waals surface area contributed by atoms with Gasteiger partial charge in [-0.2, -0.15) is 9.40 Å². The maximum Gasteiger partial charge on any atom is 0.430 e. The molecule has 0 aliphatic rings. The van der Waals surface area contributed by atoms with E-state index in [1.165, 1.54) is 12.3 Å². The molecular formula is C18H20BrN5O4S. The Hall–Kier alpha value is -2.66. The number of anilines is 2. The number of nitrogens with zero attached hydrogens (tertiary/aromatic N) is 3. The average Bonchev–Trinajstić information content (AvgIpc) is 2.94. The topological polar surface area (TPSA) is 131 Å². The van der Waals surface area contributed by atoms with Gasteiger partial charge in [-0.1, -0.05) is 0 Å². The third-order valence-corrected chi connectivity index (χ3v) is 5.46. The van der Waals surface area contributed by atoms with Gasteiger partial charge in [-0.05, 0) is 72.1 Å². The van der Waals surface area contributed by atoms with Gasteiger partial charge in [0.15, 0.2) is 11.6 Å². The molecule has 154 valence electrons. The molecule has 9 nitrogen and oxygen atoms in total. The van der Waals surface area contributed by atoms with E-state index in [1.54, 1.807) is 26.8 Å². The third kappa shape index (κ3) is 4.51. The molecule has 0 aliphatic heterocycles. The number of ether oxygens (including phenoxy) is 1. The number of carbonyl (C=O) groups is 1. The van der Waals surface area contributed by atoms with E-state index in [2.05, 4.69) is 31.1 Å². The summed E-state index contributed by atoms with van der Waals surface area (Å²) in [4.78, 5) is 16.6. The molecule has 0 spiro atoms. The molecule has 0 saturated heterocycles. The van der Waals surface area contributed by atoms with Crippen LogP contribution in [0.5, 0.6) is 0 Å². The van der Waals surface area contributed by atoms with E-state index >= 15 is 0 Å². The number of benzene rings is 1. The molecule has 1 amide bonds. The van der Waals surface area contributed by atoms with Crippen LogP contribution in [-0.4, -0.2) is 41.5 Å². The minimum Gasteiger partial charge on any atom is -0.443 e. The van der Waals surface area contributed by atoms with Crippen LogP contribution >= 0.6 is 15.9 Å². The number of fused-ring (bicyclic) bond motifs is 1. The Morgan fingerprint density at radius 1 is 1.24 bits per heavy atom. The Labute approximate surface area is 176 Å². The van der Waals surface area contributed by atoms with Gasteiger partial charge in [-0.15, -0.1) is 0 Å². The fraction of sp³-hybridized carbons (Fsp3) is 0.278. The molecule has 3 aromatic rings. The Morgan fingerprint density at radius 3 is 2.55 bits per heavy atom. The summed E-state index contributed by atoms with van der Waals surface area (Å²) in [6.45, 7) is 4.95. The summed E-state index contributed by atoms with van der Waals surface area (Å²) >= 11 is 3.47. The van der Waals surface area contributed by atoms with Crippen LogP contribution in [0.25, 0.3) is 22.0 Å². The number of nitrogen functional groups attached to an aromatic ring is 1. The number of aromatic nitrogens is 3. The van der Waals surface area contributed by atoms with E-state index in [1.807, 2.05) is 12.1 Å². The molecule has 29 heavy (non-hydrogen) atoms. The second kappa shape index (κ2) is 7.30. The van der Waals surface area contributed by atoms with Crippen molar-refractivity contribution in [3.63, 3.8) is 0 Å². The van der Waals surface area contributed by atoms with Crippen molar-refractivity contribution >= 4 is 54.6 Å². The lowest BCUT2D eigenvalue weighted by Gasteiger charge is -2.25. The Balaban J connectivity index is 2.10. The first-order valence-electron chi connectivity index (χ1n) is 8.49. The van der Waals surface area contributed by atoms with E-state index in [0.717, 1.165) is 21.8 Å². The normalized spacial score (nSPS) is 12.2. The smallest absolute Gasteiger partial charge is 0.430 e. The number of halogens is 1. The van der Waals surface area contributed by atoms with Crippen molar-refractivity contribution in [1.82, 2.24) is 15.2 Å². The predicted octanol–water partition coefficient (Wildman–Crippen LogP) is 3.67. The average molecular weight is 482 g/mol. The highest BCUT2D eigenvalue weighted by atomic mass is 79.9. The number of amides is 1. The summed E-state index contributed by atoms with van der Waals surface area (Å²) in [6, 6.07) is 6.84. The Kier molecular flexibility index (Phi) is 5.30. The number of rotatable bonds is 3. The van der Waals surface area contributed by atoms with Gasteiger partial charge in [0.2, 0.25) is 10.0 Å². The molecule has 2 heterocycles. The highest BCUT2D eigenvalue weighted by Gasteiger charge is 2.31. The highest BCUT2D eigenvalue weighted by Crippen LogP contribution is 2.33. The molecule has 3 rings (SSSR count). The van der Waals surface area contributed by atoms with Crippen LogP contribution in [0.3, 0.4) is 0 Å². The number of hydrogen-bond donors (Lipinski definition) is 2. The summed E-state index contributed by atoms with van der Waals surface area (Å²) < 4.78 is 31.1. The summed E-state index contributed by atoms with van der Waals surface area (Å²) in [6.07, 6.45) is 1.31. The first-order chi connectivity index (χ1) is 13.4. The zero-order valence-corrected chi connectivity index (χ0v) is 18.6. The van der Waals surface area contributed by atoms with E-state index in [-0.39, 0.29) is 5.82 Å². The lowest BCUT2D eigenvalue weighted by molar-refractivity contribution is 0.0608. The maximum absolute atomic E-state index is 12.5. The van der Waals surface area contributed by atoms with Crippen LogP contribution in [0.4, 0.5) is 16.4 Å². The Bertz CT molecular complexity index is 1200. The van der Waals surface area contributed by atoms with Crippen molar-refractivity contribution < 1.29 is 17.9 Å². The number of hydrogen-bond acceptors (Lipinski definition) is 7. The van der Waals surface area contributed by atoms with Gasteiger partial charge in [-0.3, -0.25) is 5.10 Å². The third-order valence-electron chi connectivity index (χ3n) is 3.83. The molecule has 0 bridgehead atoms. The molecule has 2 aromatic heterocycles. The Morgan fingerprint density at radius 2 is 1.93 bits per heavy atom. The quantitative estimate of drug-likeness (QED) is 0.582. The van der Waals surface area contributed by atoms with Gasteiger partial charge >= 0.3 is 6.09 Å². The highest BCUT2D eigenvalue weighted by molar-refractivity contribution is 9.10. The zero-order valence-electron chi connectivity index (χ0n) is 16.2. The maximum atomic E-state index is 12.5. The number of sulfonamides is 1. The van der Waals surface area contributed by atoms with Gasteiger partial charge < -0.3 is 10.5 Å². The minimum absolute atomic E-state index is 0.0735. The molecular weight excluding hydrogens is 462 g/mol. The lowest BCUT2D eigenvalue weighted by atomic mass is 10.0. The summed E-state index contributed by atoms with van der Waals surface area (Å²) in [7, 11) is -3.98. The lowest BCUT2D eigenvalue weighted by Crippen LogP contribution is -2.40. The predicted molar refractivity (Wildman–Crippen MR) is 115 cm³/mol. The standard InChI is InChI=1S/C18H20BrN5O4S/c1-18(2,3)28-17(25)24(29(4,26)27)14-9-10(5-6-21-14)11-7-12-15(13(19)8-11)22-23-16(12)20/h5-9H,1-4H3,(H3,20,22,23). The van der Waals surface area contributed by atoms with E-state index < -0.39 is 21.7 Å². The van der Waals surface area contributed by atoms with Crippen molar-refractivity contribution in [2.75, 3.05) is 16.3 Å². The zero-order chi connectivity index (χ0) is 21.6. The van der Waals surface area contributed by atoms with Gasteiger partial charge in [0.25, 0.3) is 0 Å². The van der Waals surface area contributed by atoms with Crippen molar-refractivity contribution in [3.05, 3.63) is 34.9 Å². The number of nitrogens with one attached hydrogen (secondary N) is 1. The molecule has 0 radical (unpaired) electrons. The first kappa shape index (κ1) is 21.1. The van der Waals surface area contributed by atoms with Crippen LogP contribution in [0, 0.1) is 0 Å². The van der Waals surface area contributed by atoms with Crippen LogP contribution in [-0.2, 0) is 14.8 Å². The second-order valence-corrected chi connectivity index (χ2v) is 10.1. The monoisotopic (exact) mass is 481 g/mol. The number of pyridine rings is 1. The number of carbonyl (C=O) groups excluding carboxylic acids is 1. The van der Waals surface area contributed by atoms with Gasteiger partial charge in [0.1, 0.15) is 5.60 Å².